The summed E-state index contributed by atoms with van der Waals surface area (Å²) in [6.45, 7) is 0. The lowest BCUT2D eigenvalue weighted by atomic mass is 9.89. The van der Waals surface area contributed by atoms with Gasteiger partial charge in [-0.1, -0.05) is 19.3 Å². The molecule has 1 aromatic heterocycles. The van der Waals surface area contributed by atoms with Gasteiger partial charge in [0.15, 0.2) is 0 Å². The zero-order valence-electron chi connectivity index (χ0n) is 8.63. The maximum Gasteiger partial charge on any atom is 0.251 e. The highest BCUT2D eigenvalue weighted by atomic mass is 35.5. The first-order valence-corrected chi connectivity index (χ1v) is 5.99. The minimum Gasteiger partial charge on any atom is -0.310 e. The molecule has 1 aliphatic carbocycles. The van der Waals surface area contributed by atoms with Crippen LogP contribution in [0.4, 0.5) is 0 Å². The Hall–Kier alpha value is -0.830. The molecule has 0 atom stereocenters. The molecule has 1 N–H and O–H groups in total. The van der Waals surface area contributed by atoms with Crippen LogP contribution in [0.2, 0.25) is 0 Å². The number of aromatic nitrogens is 2. The van der Waals surface area contributed by atoms with Crippen molar-refractivity contribution in [2.24, 2.45) is 0 Å². The van der Waals surface area contributed by atoms with E-state index >= 15 is 0 Å². The van der Waals surface area contributed by atoms with Gasteiger partial charge in [-0.15, -0.1) is 11.6 Å². The second kappa shape index (κ2) is 4.79. The monoisotopic (exact) mass is 226 g/mol. The van der Waals surface area contributed by atoms with Crippen molar-refractivity contribution >= 4 is 11.6 Å². The molecule has 0 saturated heterocycles. The third-order valence-corrected chi connectivity index (χ3v) is 3.22. The summed E-state index contributed by atoms with van der Waals surface area (Å²) in [5, 5.41) is 0. The fourth-order valence-corrected chi connectivity index (χ4v) is 2.30. The number of hydrogen-bond donors (Lipinski definition) is 1. The second-order valence-electron chi connectivity index (χ2n) is 4.09. The zero-order chi connectivity index (χ0) is 10.7. The molecule has 15 heavy (non-hydrogen) atoms. The summed E-state index contributed by atoms with van der Waals surface area (Å²) in [6, 6.07) is 1.47. The van der Waals surface area contributed by atoms with E-state index in [-0.39, 0.29) is 5.56 Å². The third-order valence-electron chi connectivity index (χ3n) is 2.94. The van der Waals surface area contributed by atoms with Crippen molar-refractivity contribution < 1.29 is 0 Å². The van der Waals surface area contributed by atoms with Crippen LogP contribution in [0, 0.1) is 0 Å². The number of nitrogens with zero attached hydrogens (tertiary/aromatic N) is 1. The van der Waals surface area contributed by atoms with Crippen molar-refractivity contribution in [2.75, 3.05) is 0 Å². The molecule has 3 nitrogen and oxygen atoms in total. The van der Waals surface area contributed by atoms with E-state index in [9.17, 15) is 4.79 Å². The van der Waals surface area contributed by atoms with E-state index in [2.05, 4.69) is 9.97 Å². The van der Waals surface area contributed by atoms with Crippen molar-refractivity contribution in [1.82, 2.24) is 9.97 Å². The van der Waals surface area contributed by atoms with Crippen LogP contribution in [0.3, 0.4) is 0 Å². The molecule has 4 heteroatoms. The summed E-state index contributed by atoms with van der Waals surface area (Å²) < 4.78 is 0. The average Bonchev–Trinajstić information content (AvgIpc) is 2.29. The van der Waals surface area contributed by atoms with E-state index < -0.39 is 0 Å². The van der Waals surface area contributed by atoms with Gasteiger partial charge in [-0.2, -0.15) is 0 Å². The molecule has 1 heterocycles. The normalized spacial score (nSPS) is 17.9. The Morgan fingerprint density at radius 3 is 2.80 bits per heavy atom. The minimum atomic E-state index is -0.0822. The zero-order valence-corrected chi connectivity index (χ0v) is 9.39. The Morgan fingerprint density at radius 2 is 2.13 bits per heavy atom. The van der Waals surface area contributed by atoms with Crippen molar-refractivity contribution in [3.63, 3.8) is 0 Å². The lowest BCUT2D eigenvalue weighted by Crippen LogP contribution is -2.17. The quantitative estimate of drug-likeness (QED) is 0.788. The molecule has 0 amide bonds. The van der Waals surface area contributed by atoms with Gasteiger partial charge in [0.05, 0.1) is 11.6 Å². The molecule has 1 saturated carbocycles. The standard InChI is InChI=1S/C11H15ClN2O/c12-7-9-6-10(15)14-11(13-9)8-4-2-1-3-5-8/h6,8H,1-5,7H2,(H,13,14,15). The van der Waals surface area contributed by atoms with E-state index in [0.29, 0.717) is 17.5 Å². The molecule has 0 aliphatic heterocycles. The number of rotatable bonds is 2. The number of H-pyrrole nitrogens is 1. The van der Waals surface area contributed by atoms with Crippen LogP contribution in [0.5, 0.6) is 0 Å². The molecular formula is C11H15ClN2O. The van der Waals surface area contributed by atoms with E-state index in [1.807, 2.05) is 0 Å². The highest BCUT2D eigenvalue weighted by molar-refractivity contribution is 6.16. The Labute approximate surface area is 93.9 Å². The Kier molecular flexibility index (Phi) is 3.41. The lowest BCUT2D eigenvalue weighted by molar-refractivity contribution is 0.427. The summed E-state index contributed by atoms with van der Waals surface area (Å²) in [6.07, 6.45) is 6.04. The van der Waals surface area contributed by atoms with Crippen molar-refractivity contribution in [1.29, 1.82) is 0 Å². The summed E-state index contributed by atoms with van der Waals surface area (Å²) in [5.74, 6) is 1.57. The lowest BCUT2D eigenvalue weighted by Gasteiger charge is -2.20. The highest BCUT2D eigenvalue weighted by Gasteiger charge is 2.17. The van der Waals surface area contributed by atoms with Gasteiger partial charge in [0, 0.05) is 12.0 Å². The average molecular weight is 227 g/mol. The number of hydrogen-bond acceptors (Lipinski definition) is 2. The Morgan fingerprint density at radius 1 is 1.40 bits per heavy atom. The molecule has 0 radical (unpaired) electrons. The van der Waals surface area contributed by atoms with Crippen LogP contribution in [-0.2, 0) is 5.88 Å². The number of nitrogens with one attached hydrogen (secondary N) is 1. The van der Waals surface area contributed by atoms with E-state index in [1.54, 1.807) is 0 Å². The minimum absolute atomic E-state index is 0.0822. The first-order chi connectivity index (χ1) is 7.29. The SMILES string of the molecule is O=c1cc(CCl)nc(C2CCCCC2)[nH]1. The largest absolute Gasteiger partial charge is 0.310 e. The topological polar surface area (TPSA) is 45.8 Å². The molecule has 2 rings (SSSR count). The number of aromatic amines is 1. The second-order valence-corrected chi connectivity index (χ2v) is 4.36. The van der Waals surface area contributed by atoms with Crippen LogP contribution in [0.1, 0.15) is 49.5 Å². The fraction of sp³-hybridized carbons (Fsp3) is 0.636. The predicted molar refractivity (Wildman–Crippen MR) is 60.2 cm³/mol. The number of alkyl halides is 1. The molecule has 0 spiro atoms. The molecular weight excluding hydrogens is 212 g/mol. The molecule has 0 unspecified atom stereocenters. The molecule has 1 aromatic rings. The van der Waals surface area contributed by atoms with Gasteiger partial charge in [0.1, 0.15) is 5.82 Å². The van der Waals surface area contributed by atoms with Gasteiger partial charge in [-0.3, -0.25) is 4.79 Å². The van der Waals surface area contributed by atoms with Crippen LogP contribution in [0.15, 0.2) is 10.9 Å². The van der Waals surface area contributed by atoms with Gasteiger partial charge in [0.25, 0.3) is 5.56 Å². The van der Waals surface area contributed by atoms with Gasteiger partial charge < -0.3 is 4.98 Å². The summed E-state index contributed by atoms with van der Waals surface area (Å²) in [4.78, 5) is 18.6. The summed E-state index contributed by atoms with van der Waals surface area (Å²) in [5.41, 5.74) is 0.599. The molecule has 1 aliphatic rings. The van der Waals surface area contributed by atoms with E-state index in [1.165, 1.54) is 25.3 Å². The van der Waals surface area contributed by atoms with Gasteiger partial charge >= 0.3 is 0 Å². The third kappa shape index (κ3) is 2.59. The summed E-state index contributed by atoms with van der Waals surface area (Å²) in [7, 11) is 0. The smallest absolute Gasteiger partial charge is 0.251 e. The van der Waals surface area contributed by atoms with Crippen LogP contribution in [0.25, 0.3) is 0 Å². The van der Waals surface area contributed by atoms with Crippen molar-refractivity contribution in [2.45, 2.75) is 43.9 Å². The van der Waals surface area contributed by atoms with Gasteiger partial charge in [0.2, 0.25) is 0 Å². The maximum absolute atomic E-state index is 11.4. The predicted octanol–water partition coefficient (Wildman–Crippen LogP) is 2.56. The highest BCUT2D eigenvalue weighted by Crippen LogP contribution is 2.30. The first kappa shape index (κ1) is 10.7. The molecule has 1 fully saturated rings. The van der Waals surface area contributed by atoms with Gasteiger partial charge in [-0.05, 0) is 12.8 Å². The molecule has 0 aromatic carbocycles. The maximum atomic E-state index is 11.4. The van der Waals surface area contributed by atoms with E-state index in [0.717, 1.165) is 18.7 Å². The molecule has 0 bridgehead atoms. The molecule has 82 valence electrons. The van der Waals surface area contributed by atoms with E-state index in [4.69, 9.17) is 11.6 Å². The number of halogens is 1. The fourth-order valence-electron chi connectivity index (χ4n) is 2.17. The van der Waals surface area contributed by atoms with Crippen LogP contribution in [-0.4, -0.2) is 9.97 Å². The van der Waals surface area contributed by atoms with Crippen molar-refractivity contribution in [3.05, 3.63) is 27.9 Å². The Bertz CT molecular complexity index is 382. The van der Waals surface area contributed by atoms with Gasteiger partial charge in [-0.25, -0.2) is 4.98 Å². The first-order valence-electron chi connectivity index (χ1n) is 5.45. The van der Waals surface area contributed by atoms with Crippen LogP contribution >= 0.6 is 11.6 Å². The summed E-state index contributed by atoms with van der Waals surface area (Å²) >= 11 is 5.69. The Balaban J connectivity index is 2.26. The van der Waals surface area contributed by atoms with Crippen LogP contribution < -0.4 is 5.56 Å². The van der Waals surface area contributed by atoms with Crippen molar-refractivity contribution in [3.8, 4) is 0 Å².